The maximum atomic E-state index is 10.8. The number of carbonyl (C=O) groups excluding carboxylic acids is 1. The maximum absolute atomic E-state index is 10.8. The average molecular weight is 337 g/mol. The van der Waals surface area contributed by atoms with Gasteiger partial charge in [-0.3, -0.25) is 4.79 Å². The van der Waals surface area contributed by atoms with Gasteiger partial charge in [0.1, 0.15) is 0 Å². The SMILES string of the molecule is CC/C=C\CC(O)Oc1ccc(CNCCNC(C)=O)c(OC)n1. The number of nitrogens with zero attached hydrogens (tertiary/aromatic N) is 1. The number of aliphatic hydroxyl groups excluding tert-OH is 1. The van der Waals surface area contributed by atoms with Crippen LogP contribution < -0.4 is 20.1 Å². The smallest absolute Gasteiger partial charge is 0.220 e. The van der Waals surface area contributed by atoms with E-state index in [1.165, 1.54) is 14.0 Å². The van der Waals surface area contributed by atoms with Crippen molar-refractivity contribution in [3.05, 3.63) is 29.8 Å². The van der Waals surface area contributed by atoms with E-state index < -0.39 is 6.29 Å². The van der Waals surface area contributed by atoms with Crippen LogP contribution in [-0.2, 0) is 11.3 Å². The second-order valence-corrected chi connectivity index (χ2v) is 5.17. The lowest BCUT2D eigenvalue weighted by Crippen LogP contribution is -2.30. The molecule has 3 N–H and O–H groups in total. The number of aromatic nitrogens is 1. The van der Waals surface area contributed by atoms with E-state index in [-0.39, 0.29) is 5.91 Å². The van der Waals surface area contributed by atoms with Gasteiger partial charge in [-0.05, 0) is 12.5 Å². The molecular formula is C17H27N3O4. The Hall–Kier alpha value is -2.12. The maximum Gasteiger partial charge on any atom is 0.220 e. The highest BCUT2D eigenvalue weighted by Crippen LogP contribution is 2.20. The second kappa shape index (κ2) is 11.4. The minimum atomic E-state index is -0.938. The van der Waals surface area contributed by atoms with Gasteiger partial charge in [0.05, 0.1) is 7.11 Å². The number of amides is 1. The Morgan fingerprint density at radius 1 is 1.38 bits per heavy atom. The van der Waals surface area contributed by atoms with Crippen molar-refractivity contribution < 1.29 is 19.4 Å². The van der Waals surface area contributed by atoms with Crippen molar-refractivity contribution in [2.24, 2.45) is 0 Å². The summed E-state index contributed by atoms with van der Waals surface area (Å²) in [7, 11) is 1.54. The van der Waals surface area contributed by atoms with Gasteiger partial charge in [-0.25, -0.2) is 0 Å². The van der Waals surface area contributed by atoms with E-state index in [0.29, 0.717) is 37.8 Å². The Labute approximate surface area is 143 Å². The Morgan fingerprint density at radius 2 is 2.17 bits per heavy atom. The van der Waals surface area contributed by atoms with E-state index in [2.05, 4.69) is 15.6 Å². The molecule has 0 saturated carbocycles. The normalized spacial score (nSPS) is 12.2. The van der Waals surface area contributed by atoms with Gasteiger partial charge in [0.25, 0.3) is 0 Å². The molecule has 0 saturated heterocycles. The van der Waals surface area contributed by atoms with Gasteiger partial charge >= 0.3 is 0 Å². The highest BCUT2D eigenvalue weighted by Gasteiger charge is 2.10. The van der Waals surface area contributed by atoms with Crippen molar-refractivity contribution in [2.45, 2.75) is 39.5 Å². The number of methoxy groups -OCH3 is 1. The molecule has 1 atom stereocenters. The molecule has 7 heteroatoms. The monoisotopic (exact) mass is 337 g/mol. The van der Waals surface area contributed by atoms with Crippen LogP contribution in [0.25, 0.3) is 0 Å². The summed E-state index contributed by atoms with van der Waals surface area (Å²) in [4.78, 5) is 15.0. The number of hydrogen-bond acceptors (Lipinski definition) is 6. The predicted molar refractivity (Wildman–Crippen MR) is 91.9 cm³/mol. The van der Waals surface area contributed by atoms with Crippen LogP contribution in [0.1, 0.15) is 32.3 Å². The zero-order valence-corrected chi connectivity index (χ0v) is 14.5. The van der Waals surface area contributed by atoms with Gasteiger partial charge in [0, 0.05) is 44.6 Å². The van der Waals surface area contributed by atoms with Crippen LogP contribution in [0, 0.1) is 0 Å². The van der Waals surface area contributed by atoms with Crippen molar-refractivity contribution in [1.82, 2.24) is 15.6 Å². The fraction of sp³-hybridized carbons (Fsp3) is 0.529. The molecule has 1 heterocycles. The largest absolute Gasteiger partial charge is 0.481 e. The highest BCUT2D eigenvalue weighted by atomic mass is 16.6. The minimum absolute atomic E-state index is 0.0510. The minimum Gasteiger partial charge on any atom is -0.481 e. The van der Waals surface area contributed by atoms with Gasteiger partial charge in [-0.1, -0.05) is 19.1 Å². The van der Waals surface area contributed by atoms with Gasteiger partial charge in [-0.2, -0.15) is 4.98 Å². The lowest BCUT2D eigenvalue weighted by molar-refractivity contribution is -0.118. The molecule has 1 amide bonds. The fourth-order valence-electron chi connectivity index (χ4n) is 1.95. The van der Waals surface area contributed by atoms with Crippen LogP contribution >= 0.6 is 0 Å². The Morgan fingerprint density at radius 3 is 2.83 bits per heavy atom. The van der Waals surface area contributed by atoms with Gasteiger partial charge in [0.2, 0.25) is 24.0 Å². The second-order valence-electron chi connectivity index (χ2n) is 5.17. The molecule has 0 spiro atoms. The van der Waals surface area contributed by atoms with E-state index in [4.69, 9.17) is 9.47 Å². The molecule has 7 nitrogen and oxygen atoms in total. The van der Waals surface area contributed by atoms with Crippen LogP contribution in [0.3, 0.4) is 0 Å². The first-order chi connectivity index (χ1) is 11.6. The van der Waals surface area contributed by atoms with Crippen LogP contribution in [0.5, 0.6) is 11.8 Å². The zero-order valence-electron chi connectivity index (χ0n) is 14.5. The molecule has 0 bridgehead atoms. The molecule has 1 unspecified atom stereocenters. The number of nitrogens with one attached hydrogen (secondary N) is 2. The zero-order chi connectivity index (χ0) is 17.8. The third-order valence-corrected chi connectivity index (χ3v) is 3.09. The number of rotatable bonds is 11. The van der Waals surface area contributed by atoms with E-state index in [1.54, 1.807) is 6.07 Å². The van der Waals surface area contributed by atoms with Crippen LogP contribution in [0.15, 0.2) is 24.3 Å². The lowest BCUT2D eigenvalue weighted by Gasteiger charge is -2.14. The van der Waals surface area contributed by atoms with Crippen LogP contribution in [-0.4, -0.2) is 42.5 Å². The molecule has 0 aliphatic rings. The third-order valence-electron chi connectivity index (χ3n) is 3.09. The topological polar surface area (TPSA) is 92.7 Å². The molecule has 134 valence electrons. The van der Waals surface area contributed by atoms with Gasteiger partial charge < -0.3 is 25.2 Å². The summed E-state index contributed by atoms with van der Waals surface area (Å²) in [5, 5.41) is 15.7. The van der Waals surface area contributed by atoms with E-state index in [0.717, 1.165) is 12.0 Å². The third kappa shape index (κ3) is 7.94. The van der Waals surface area contributed by atoms with Crippen molar-refractivity contribution >= 4 is 5.91 Å². The number of hydrogen-bond donors (Lipinski definition) is 3. The lowest BCUT2D eigenvalue weighted by atomic mass is 10.2. The highest BCUT2D eigenvalue weighted by molar-refractivity contribution is 5.72. The summed E-state index contributed by atoms with van der Waals surface area (Å²) < 4.78 is 10.6. The number of ether oxygens (including phenoxy) is 2. The summed E-state index contributed by atoms with van der Waals surface area (Å²) in [6.45, 7) is 5.27. The molecule has 1 aromatic rings. The molecule has 1 rings (SSSR count). The Kier molecular flexibility index (Phi) is 9.48. The van der Waals surface area contributed by atoms with Crippen LogP contribution in [0.2, 0.25) is 0 Å². The predicted octanol–water partition coefficient (Wildman–Crippen LogP) is 1.37. The van der Waals surface area contributed by atoms with Crippen LogP contribution in [0.4, 0.5) is 0 Å². The van der Waals surface area contributed by atoms with Crippen molar-refractivity contribution in [3.8, 4) is 11.8 Å². The Balaban J connectivity index is 2.51. The van der Waals surface area contributed by atoms with E-state index in [1.807, 2.05) is 25.1 Å². The van der Waals surface area contributed by atoms with Crippen molar-refractivity contribution in [2.75, 3.05) is 20.2 Å². The molecule has 1 aromatic heterocycles. The summed E-state index contributed by atoms with van der Waals surface area (Å²) in [5.74, 6) is 0.701. The summed E-state index contributed by atoms with van der Waals surface area (Å²) in [6, 6.07) is 3.53. The van der Waals surface area contributed by atoms with E-state index >= 15 is 0 Å². The molecule has 0 fully saturated rings. The standard InChI is InChI=1S/C17H27N3O4/c1-4-5-6-7-16(22)24-15-9-8-14(17(20-15)23-3)12-18-10-11-19-13(2)21/h5-6,8-9,16,18,22H,4,7,10-12H2,1-3H3,(H,19,21)/b6-5-. The number of aliphatic hydroxyl groups is 1. The molecule has 0 aliphatic carbocycles. The van der Waals surface area contributed by atoms with E-state index in [9.17, 15) is 9.90 Å². The number of carbonyl (C=O) groups is 1. The van der Waals surface area contributed by atoms with Gasteiger partial charge in [-0.15, -0.1) is 0 Å². The molecule has 0 aromatic carbocycles. The quantitative estimate of drug-likeness (QED) is 0.321. The first-order valence-electron chi connectivity index (χ1n) is 8.05. The number of allylic oxidation sites excluding steroid dienone is 1. The van der Waals surface area contributed by atoms with Crippen molar-refractivity contribution in [1.29, 1.82) is 0 Å². The first kappa shape index (κ1) is 19.9. The number of pyridine rings is 1. The fourth-order valence-corrected chi connectivity index (χ4v) is 1.95. The molecule has 0 aliphatic heterocycles. The van der Waals surface area contributed by atoms with Gasteiger partial charge in [0.15, 0.2) is 0 Å². The summed E-state index contributed by atoms with van der Waals surface area (Å²) in [5.41, 5.74) is 0.869. The summed E-state index contributed by atoms with van der Waals surface area (Å²) in [6.07, 6.45) is 4.23. The summed E-state index contributed by atoms with van der Waals surface area (Å²) >= 11 is 0. The molecular weight excluding hydrogens is 310 g/mol. The van der Waals surface area contributed by atoms with Crippen molar-refractivity contribution in [3.63, 3.8) is 0 Å². The average Bonchev–Trinajstić information content (AvgIpc) is 2.55. The molecule has 0 radical (unpaired) electrons. The first-order valence-corrected chi connectivity index (χ1v) is 8.05. The molecule has 24 heavy (non-hydrogen) atoms. The Bertz CT molecular complexity index is 535.